The Kier molecular flexibility index (Phi) is 7.73. The summed E-state index contributed by atoms with van der Waals surface area (Å²) < 4.78 is 22.7. The van der Waals surface area contributed by atoms with E-state index in [2.05, 4.69) is 0 Å². The van der Waals surface area contributed by atoms with Crippen molar-refractivity contribution in [3.8, 4) is 6.07 Å². The zero-order valence-corrected chi connectivity index (χ0v) is 19.4. The first-order valence-electron chi connectivity index (χ1n) is 11.3. The molecule has 0 aromatic heterocycles. The lowest BCUT2D eigenvalue weighted by Crippen LogP contribution is -2.44. The van der Waals surface area contributed by atoms with Gasteiger partial charge in [-0.05, 0) is 43.3 Å². The van der Waals surface area contributed by atoms with E-state index in [0.29, 0.717) is 5.56 Å². The molecule has 0 aliphatic carbocycles. The van der Waals surface area contributed by atoms with Gasteiger partial charge in [0.05, 0.1) is 22.8 Å². The molecular weight excluding hydrogens is 462 g/mol. The van der Waals surface area contributed by atoms with Gasteiger partial charge in [0.15, 0.2) is 18.3 Å². The van der Waals surface area contributed by atoms with E-state index < -0.39 is 48.4 Å². The topological polar surface area (TPSA) is 112 Å². The van der Waals surface area contributed by atoms with Gasteiger partial charge in [0.1, 0.15) is 12.2 Å². The number of benzene rings is 3. The van der Waals surface area contributed by atoms with Gasteiger partial charge in [-0.2, -0.15) is 5.26 Å². The van der Waals surface area contributed by atoms with Crippen molar-refractivity contribution >= 4 is 17.9 Å². The molecule has 0 N–H and O–H groups in total. The Hall–Kier alpha value is -4.48. The molecule has 1 unspecified atom stereocenters. The molecule has 8 nitrogen and oxygen atoms in total. The quantitative estimate of drug-likeness (QED) is 0.365. The van der Waals surface area contributed by atoms with Crippen molar-refractivity contribution in [2.75, 3.05) is 0 Å². The first kappa shape index (κ1) is 24.6. The van der Waals surface area contributed by atoms with Crippen LogP contribution in [0, 0.1) is 11.3 Å². The Balaban J connectivity index is 1.59. The molecule has 1 aliphatic heterocycles. The molecule has 0 radical (unpaired) electrons. The first-order valence-corrected chi connectivity index (χ1v) is 11.3. The molecule has 1 aliphatic rings. The monoisotopic (exact) mass is 485 g/mol. The van der Waals surface area contributed by atoms with E-state index in [1.54, 1.807) is 97.9 Å². The van der Waals surface area contributed by atoms with Gasteiger partial charge < -0.3 is 18.9 Å². The molecule has 8 heteroatoms. The molecule has 0 spiro atoms. The largest absolute Gasteiger partial charge is 0.456 e. The summed E-state index contributed by atoms with van der Waals surface area (Å²) in [4.78, 5) is 38.3. The predicted molar refractivity (Wildman–Crippen MR) is 127 cm³/mol. The van der Waals surface area contributed by atoms with Crippen molar-refractivity contribution in [3.05, 3.63) is 108 Å². The molecular formula is C28H23NO7. The molecule has 1 heterocycles. The lowest BCUT2D eigenvalue weighted by molar-refractivity contribution is -0.0698. The molecule has 3 aromatic rings. The van der Waals surface area contributed by atoms with Gasteiger partial charge in [0.2, 0.25) is 0 Å². The van der Waals surface area contributed by atoms with Gasteiger partial charge in [0, 0.05) is 0 Å². The highest BCUT2D eigenvalue weighted by Crippen LogP contribution is 2.31. The van der Waals surface area contributed by atoms with Crippen LogP contribution in [0.25, 0.3) is 0 Å². The standard InChI is InChI=1S/C28H23NO7/c1-18(33-26(30)19-11-5-2-6-12-19)23-25(36-28(32)21-15-9-4-10-16-21)24(22(17-29)34-23)35-27(31)20-13-7-3-8-14-20/h2-16,18,22-25H,1H3/t18-,22?,23-,24+,25-/m1/s1. The van der Waals surface area contributed by atoms with Crippen LogP contribution in [0.5, 0.6) is 0 Å². The zero-order valence-electron chi connectivity index (χ0n) is 19.4. The third kappa shape index (κ3) is 5.59. The van der Waals surface area contributed by atoms with Crippen molar-refractivity contribution < 1.29 is 33.3 Å². The summed E-state index contributed by atoms with van der Waals surface area (Å²) >= 11 is 0. The summed E-state index contributed by atoms with van der Waals surface area (Å²) in [6.07, 6.45) is -5.73. The van der Waals surface area contributed by atoms with Crippen LogP contribution in [0.2, 0.25) is 0 Å². The predicted octanol–water partition coefficient (Wildman–Crippen LogP) is 3.97. The molecule has 0 amide bonds. The second-order valence-corrected chi connectivity index (χ2v) is 8.10. The van der Waals surface area contributed by atoms with E-state index in [-0.39, 0.29) is 11.1 Å². The maximum atomic E-state index is 12.9. The van der Waals surface area contributed by atoms with Crippen molar-refractivity contribution in [1.82, 2.24) is 0 Å². The second-order valence-electron chi connectivity index (χ2n) is 8.10. The Bertz CT molecular complexity index is 1240. The van der Waals surface area contributed by atoms with Crippen molar-refractivity contribution in [2.24, 2.45) is 0 Å². The fourth-order valence-corrected chi connectivity index (χ4v) is 3.84. The number of rotatable bonds is 7. The normalized spacial score (nSPS) is 21.6. The highest BCUT2D eigenvalue weighted by Gasteiger charge is 2.53. The Morgan fingerprint density at radius 3 is 1.58 bits per heavy atom. The van der Waals surface area contributed by atoms with Crippen LogP contribution in [0.1, 0.15) is 38.0 Å². The van der Waals surface area contributed by atoms with E-state index in [0.717, 1.165) is 0 Å². The first-order chi connectivity index (χ1) is 17.5. The minimum atomic E-state index is -1.26. The van der Waals surface area contributed by atoms with Gasteiger partial charge in [-0.15, -0.1) is 0 Å². The average molecular weight is 485 g/mol. The fraction of sp³-hybridized carbons (Fsp3) is 0.214. The number of carbonyl (C=O) groups is 3. The summed E-state index contributed by atoms with van der Waals surface area (Å²) in [5.41, 5.74) is 0.845. The number of carbonyl (C=O) groups excluding carboxylic acids is 3. The van der Waals surface area contributed by atoms with Gasteiger partial charge in [-0.1, -0.05) is 54.6 Å². The summed E-state index contributed by atoms with van der Waals surface area (Å²) in [6, 6.07) is 26.8. The average Bonchev–Trinajstić information content (AvgIpc) is 3.26. The Morgan fingerprint density at radius 1 is 0.722 bits per heavy atom. The lowest BCUT2D eigenvalue weighted by atomic mass is 10.0. The summed E-state index contributed by atoms with van der Waals surface area (Å²) in [5.74, 6) is -2.02. The number of nitriles is 1. The van der Waals surface area contributed by atoms with E-state index in [9.17, 15) is 19.6 Å². The Morgan fingerprint density at radius 2 is 1.14 bits per heavy atom. The van der Waals surface area contributed by atoms with Crippen LogP contribution in [-0.4, -0.2) is 48.4 Å². The molecule has 182 valence electrons. The van der Waals surface area contributed by atoms with E-state index in [4.69, 9.17) is 18.9 Å². The number of ether oxygens (including phenoxy) is 4. The molecule has 1 fully saturated rings. The zero-order chi connectivity index (χ0) is 25.5. The van der Waals surface area contributed by atoms with Crippen molar-refractivity contribution in [2.45, 2.75) is 37.4 Å². The van der Waals surface area contributed by atoms with Crippen LogP contribution < -0.4 is 0 Å². The number of esters is 3. The Labute approximate surface area is 208 Å². The maximum absolute atomic E-state index is 12.9. The van der Waals surface area contributed by atoms with Gasteiger partial charge in [-0.25, -0.2) is 14.4 Å². The van der Waals surface area contributed by atoms with E-state index in [1.165, 1.54) is 0 Å². The third-order valence-corrected chi connectivity index (χ3v) is 5.65. The maximum Gasteiger partial charge on any atom is 0.338 e. The summed E-state index contributed by atoms with van der Waals surface area (Å²) in [7, 11) is 0. The highest BCUT2D eigenvalue weighted by atomic mass is 16.7. The number of hydrogen-bond donors (Lipinski definition) is 0. The summed E-state index contributed by atoms with van der Waals surface area (Å²) in [6.45, 7) is 1.56. The van der Waals surface area contributed by atoms with Crippen LogP contribution in [0.15, 0.2) is 91.0 Å². The smallest absolute Gasteiger partial charge is 0.338 e. The van der Waals surface area contributed by atoms with Crippen molar-refractivity contribution in [3.63, 3.8) is 0 Å². The highest BCUT2D eigenvalue weighted by molar-refractivity contribution is 5.91. The molecule has 0 saturated carbocycles. The summed E-state index contributed by atoms with van der Waals surface area (Å²) in [5, 5.41) is 9.73. The molecule has 4 rings (SSSR count). The SMILES string of the molecule is C[C@@H](OC(=O)c1ccccc1)[C@H]1OC(C#N)[C@H](OC(=O)c2ccccc2)[C@@H]1OC(=O)c1ccccc1. The van der Waals surface area contributed by atoms with Crippen LogP contribution in [-0.2, 0) is 18.9 Å². The fourth-order valence-electron chi connectivity index (χ4n) is 3.84. The number of hydrogen-bond acceptors (Lipinski definition) is 8. The van der Waals surface area contributed by atoms with Gasteiger partial charge in [-0.3, -0.25) is 0 Å². The van der Waals surface area contributed by atoms with Crippen LogP contribution in [0.4, 0.5) is 0 Å². The van der Waals surface area contributed by atoms with E-state index >= 15 is 0 Å². The van der Waals surface area contributed by atoms with Gasteiger partial charge >= 0.3 is 17.9 Å². The molecule has 5 atom stereocenters. The van der Waals surface area contributed by atoms with Crippen molar-refractivity contribution in [1.29, 1.82) is 5.26 Å². The second kappa shape index (κ2) is 11.3. The molecule has 36 heavy (non-hydrogen) atoms. The molecule has 1 saturated heterocycles. The van der Waals surface area contributed by atoms with E-state index in [1.807, 2.05) is 6.07 Å². The minimum Gasteiger partial charge on any atom is -0.456 e. The molecule has 0 bridgehead atoms. The number of nitrogens with zero attached hydrogens (tertiary/aromatic N) is 1. The minimum absolute atomic E-state index is 0.259. The van der Waals surface area contributed by atoms with Crippen LogP contribution in [0.3, 0.4) is 0 Å². The third-order valence-electron chi connectivity index (χ3n) is 5.65. The van der Waals surface area contributed by atoms with Gasteiger partial charge in [0.25, 0.3) is 0 Å². The molecule has 3 aromatic carbocycles. The lowest BCUT2D eigenvalue weighted by Gasteiger charge is -2.26. The van der Waals surface area contributed by atoms with Crippen LogP contribution >= 0.6 is 0 Å².